The fraction of sp³-hybridized carbons (Fsp3) is 0.250. The lowest BCUT2D eigenvalue weighted by Gasteiger charge is -2.11. The molecular formula is C12H14ClNO2. The van der Waals surface area contributed by atoms with Crippen molar-refractivity contribution in [3.8, 4) is 0 Å². The number of nitrogens with one attached hydrogen (secondary N) is 1. The topological polar surface area (TPSA) is 38.3 Å². The minimum atomic E-state index is -0.539. The minimum absolute atomic E-state index is 0.256. The number of carbonyl (C=O) groups is 1. The van der Waals surface area contributed by atoms with Crippen LogP contribution in [0.5, 0.6) is 0 Å². The van der Waals surface area contributed by atoms with Crippen LogP contribution in [0.1, 0.15) is 12.0 Å². The Morgan fingerprint density at radius 1 is 1.50 bits per heavy atom. The largest absolute Gasteiger partial charge is 0.460 e. The van der Waals surface area contributed by atoms with Crippen LogP contribution in [0.25, 0.3) is 0 Å². The van der Waals surface area contributed by atoms with Gasteiger partial charge in [0.2, 0.25) is 0 Å². The Morgan fingerprint density at radius 3 is 2.75 bits per heavy atom. The molecule has 0 spiro atoms. The van der Waals surface area contributed by atoms with Crippen molar-refractivity contribution >= 4 is 17.7 Å². The number of ether oxygens (including phenoxy) is 1. The lowest BCUT2D eigenvalue weighted by molar-refractivity contribution is -0.146. The van der Waals surface area contributed by atoms with E-state index in [0.717, 1.165) is 5.56 Å². The van der Waals surface area contributed by atoms with E-state index in [-0.39, 0.29) is 12.6 Å². The first-order chi connectivity index (χ1) is 7.77. The monoisotopic (exact) mass is 239 g/mol. The first-order valence-electron chi connectivity index (χ1n) is 4.95. The quantitative estimate of drug-likeness (QED) is 0.471. The Morgan fingerprint density at radius 2 is 2.19 bits per heavy atom. The zero-order chi connectivity index (χ0) is 11.8. The predicted molar refractivity (Wildman–Crippen MR) is 63.8 cm³/mol. The molecule has 0 aliphatic carbocycles. The van der Waals surface area contributed by atoms with Crippen LogP contribution in [0.3, 0.4) is 0 Å². The maximum atomic E-state index is 11.5. The van der Waals surface area contributed by atoms with E-state index in [1.165, 1.54) is 0 Å². The number of esters is 1. The second-order valence-corrected chi connectivity index (χ2v) is 3.50. The van der Waals surface area contributed by atoms with E-state index < -0.39 is 6.04 Å². The van der Waals surface area contributed by atoms with Crippen molar-refractivity contribution < 1.29 is 9.53 Å². The SMILES string of the molecule is C=CC[C@H](NCl)C(=O)OCc1ccccc1. The Labute approximate surface area is 100 Å². The Kier molecular flexibility index (Phi) is 5.61. The van der Waals surface area contributed by atoms with E-state index in [9.17, 15) is 4.79 Å². The second-order valence-electron chi connectivity index (χ2n) is 3.28. The van der Waals surface area contributed by atoms with Crippen molar-refractivity contribution in [3.05, 3.63) is 48.6 Å². The molecule has 0 amide bonds. The van der Waals surface area contributed by atoms with Crippen molar-refractivity contribution in [1.82, 2.24) is 4.84 Å². The molecule has 0 unspecified atom stereocenters. The third kappa shape index (κ3) is 4.04. The Hall–Kier alpha value is -1.32. The number of hydrogen-bond donors (Lipinski definition) is 1. The molecular weight excluding hydrogens is 226 g/mol. The van der Waals surface area contributed by atoms with Crippen LogP contribution in [0, 0.1) is 0 Å². The average molecular weight is 240 g/mol. The van der Waals surface area contributed by atoms with Crippen LogP contribution in [0.4, 0.5) is 0 Å². The van der Waals surface area contributed by atoms with Gasteiger partial charge in [-0.3, -0.25) is 4.79 Å². The van der Waals surface area contributed by atoms with Crippen molar-refractivity contribution in [3.63, 3.8) is 0 Å². The highest BCUT2D eigenvalue weighted by molar-refractivity contribution is 6.14. The van der Waals surface area contributed by atoms with Crippen LogP contribution in [-0.2, 0) is 16.1 Å². The summed E-state index contributed by atoms with van der Waals surface area (Å²) in [5.74, 6) is -0.376. The molecule has 0 aliphatic heterocycles. The van der Waals surface area contributed by atoms with E-state index in [0.29, 0.717) is 6.42 Å². The van der Waals surface area contributed by atoms with Gasteiger partial charge in [0.05, 0.1) is 0 Å². The summed E-state index contributed by atoms with van der Waals surface area (Å²) in [6.07, 6.45) is 2.06. The van der Waals surface area contributed by atoms with Crippen LogP contribution < -0.4 is 4.84 Å². The van der Waals surface area contributed by atoms with Gasteiger partial charge in [0, 0.05) is 0 Å². The number of benzene rings is 1. The highest BCUT2D eigenvalue weighted by atomic mass is 35.5. The molecule has 0 saturated heterocycles. The van der Waals surface area contributed by atoms with Crippen LogP contribution in [0.15, 0.2) is 43.0 Å². The van der Waals surface area contributed by atoms with E-state index >= 15 is 0 Å². The van der Waals surface area contributed by atoms with Crippen molar-refractivity contribution in [2.75, 3.05) is 0 Å². The number of halogens is 1. The maximum Gasteiger partial charge on any atom is 0.325 e. The summed E-state index contributed by atoms with van der Waals surface area (Å²) in [5.41, 5.74) is 0.947. The molecule has 3 nitrogen and oxygen atoms in total. The normalized spacial score (nSPS) is 11.8. The minimum Gasteiger partial charge on any atom is -0.460 e. The van der Waals surface area contributed by atoms with Crippen LogP contribution >= 0.6 is 11.8 Å². The summed E-state index contributed by atoms with van der Waals surface area (Å²) in [4.78, 5) is 13.9. The molecule has 1 rings (SSSR count). The van der Waals surface area contributed by atoms with E-state index in [2.05, 4.69) is 11.4 Å². The summed E-state index contributed by atoms with van der Waals surface area (Å²) in [5, 5.41) is 0. The number of hydrogen-bond acceptors (Lipinski definition) is 3. The van der Waals surface area contributed by atoms with Crippen LogP contribution in [-0.4, -0.2) is 12.0 Å². The fourth-order valence-corrected chi connectivity index (χ4v) is 1.36. The smallest absolute Gasteiger partial charge is 0.325 e. The molecule has 86 valence electrons. The molecule has 0 fully saturated rings. The Bertz CT molecular complexity index is 340. The van der Waals surface area contributed by atoms with E-state index in [1.54, 1.807) is 6.08 Å². The molecule has 0 aliphatic rings. The first-order valence-corrected chi connectivity index (χ1v) is 5.33. The molecule has 4 heteroatoms. The molecule has 0 bridgehead atoms. The standard InChI is InChI=1S/C12H14ClNO2/c1-2-6-11(14-13)12(15)16-9-10-7-4-3-5-8-10/h2-5,7-8,11,14H,1,6,9H2/t11-/m0/s1. The summed E-state index contributed by atoms with van der Waals surface area (Å²) in [6.45, 7) is 3.80. The fourth-order valence-electron chi connectivity index (χ4n) is 1.18. The molecule has 0 radical (unpaired) electrons. The summed E-state index contributed by atoms with van der Waals surface area (Å²) in [7, 11) is 0. The maximum absolute atomic E-state index is 11.5. The van der Waals surface area contributed by atoms with Gasteiger partial charge in [0.15, 0.2) is 0 Å². The third-order valence-corrected chi connectivity index (χ3v) is 2.31. The van der Waals surface area contributed by atoms with Gasteiger partial charge in [-0.05, 0) is 23.8 Å². The second kappa shape index (κ2) is 7.04. The first kappa shape index (κ1) is 12.7. The van der Waals surface area contributed by atoms with Gasteiger partial charge in [-0.15, -0.1) is 6.58 Å². The van der Waals surface area contributed by atoms with E-state index in [1.807, 2.05) is 30.3 Å². The highest BCUT2D eigenvalue weighted by Gasteiger charge is 2.16. The van der Waals surface area contributed by atoms with Gasteiger partial charge in [-0.2, -0.15) is 0 Å². The van der Waals surface area contributed by atoms with Gasteiger partial charge in [0.1, 0.15) is 12.6 Å². The number of rotatable bonds is 6. The molecule has 1 aromatic carbocycles. The van der Waals surface area contributed by atoms with Gasteiger partial charge < -0.3 is 4.74 Å². The third-order valence-electron chi connectivity index (χ3n) is 2.04. The van der Waals surface area contributed by atoms with Gasteiger partial charge >= 0.3 is 5.97 Å². The highest BCUT2D eigenvalue weighted by Crippen LogP contribution is 2.04. The van der Waals surface area contributed by atoms with Gasteiger partial charge in [0.25, 0.3) is 0 Å². The van der Waals surface area contributed by atoms with Crippen molar-refractivity contribution in [2.24, 2.45) is 0 Å². The lowest BCUT2D eigenvalue weighted by Crippen LogP contribution is -2.31. The molecule has 16 heavy (non-hydrogen) atoms. The molecule has 1 atom stereocenters. The summed E-state index contributed by atoms with van der Waals surface area (Å²) < 4.78 is 5.10. The summed E-state index contributed by atoms with van der Waals surface area (Å²) in [6, 6.07) is 8.94. The average Bonchev–Trinajstić information content (AvgIpc) is 2.34. The number of carbonyl (C=O) groups excluding carboxylic acids is 1. The molecule has 1 aromatic rings. The van der Waals surface area contributed by atoms with Crippen molar-refractivity contribution in [1.29, 1.82) is 0 Å². The predicted octanol–water partition coefficient (Wildman–Crippen LogP) is 2.42. The van der Waals surface area contributed by atoms with Crippen LogP contribution in [0.2, 0.25) is 0 Å². The summed E-state index contributed by atoms with van der Waals surface area (Å²) >= 11 is 5.42. The lowest BCUT2D eigenvalue weighted by atomic mass is 10.2. The van der Waals surface area contributed by atoms with Crippen molar-refractivity contribution in [2.45, 2.75) is 19.1 Å². The zero-order valence-corrected chi connectivity index (χ0v) is 9.61. The van der Waals surface area contributed by atoms with E-state index in [4.69, 9.17) is 16.5 Å². The van der Waals surface area contributed by atoms with Gasteiger partial charge in [-0.25, -0.2) is 4.84 Å². The molecule has 1 N–H and O–H groups in total. The molecule has 0 aromatic heterocycles. The molecule has 0 heterocycles. The Balaban J connectivity index is 2.42. The zero-order valence-electron chi connectivity index (χ0n) is 8.86. The van der Waals surface area contributed by atoms with Gasteiger partial charge in [-0.1, -0.05) is 36.4 Å². The molecule has 0 saturated carbocycles.